The molecule has 0 atom stereocenters. The molecule has 1 heterocycles. The number of para-hydroxylation sites is 1. The molecule has 2 N–H and O–H groups in total. The average molecular weight is 342 g/mol. The second kappa shape index (κ2) is 6.89. The maximum Gasteiger partial charge on any atom is 0.137 e. The third-order valence-corrected chi connectivity index (χ3v) is 3.66. The minimum atomic E-state index is 0.404. The number of hydrogen-bond donors (Lipinski definition) is 1. The largest absolute Gasteiger partial charge is 0.487 e. The summed E-state index contributed by atoms with van der Waals surface area (Å²) in [4.78, 5) is 3.95. The Labute approximate surface area is 125 Å². The SMILES string of the molecule is NCCc1cccc(Br)c1OCc1ccncc1Cl. The Hall–Kier alpha value is -1.10. The summed E-state index contributed by atoms with van der Waals surface area (Å²) in [6.07, 6.45) is 4.09. The van der Waals surface area contributed by atoms with Gasteiger partial charge >= 0.3 is 0 Å². The van der Waals surface area contributed by atoms with Crippen molar-refractivity contribution < 1.29 is 4.74 Å². The van der Waals surface area contributed by atoms with E-state index in [-0.39, 0.29) is 0 Å². The lowest BCUT2D eigenvalue weighted by atomic mass is 10.1. The fourth-order valence-corrected chi connectivity index (χ4v) is 2.43. The third kappa shape index (κ3) is 3.69. The first kappa shape index (κ1) is 14.3. The first-order chi connectivity index (χ1) is 9.22. The summed E-state index contributed by atoms with van der Waals surface area (Å²) in [7, 11) is 0. The highest BCUT2D eigenvalue weighted by molar-refractivity contribution is 9.10. The van der Waals surface area contributed by atoms with E-state index < -0.39 is 0 Å². The van der Waals surface area contributed by atoms with Gasteiger partial charge in [-0.05, 0) is 46.6 Å². The van der Waals surface area contributed by atoms with E-state index in [1.165, 1.54) is 0 Å². The molecule has 0 saturated heterocycles. The number of ether oxygens (including phenoxy) is 1. The molecule has 1 aromatic heterocycles. The van der Waals surface area contributed by atoms with Crippen molar-refractivity contribution in [1.82, 2.24) is 4.98 Å². The van der Waals surface area contributed by atoms with E-state index in [9.17, 15) is 0 Å². The second-order valence-electron chi connectivity index (χ2n) is 4.02. The Morgan fingerprint density at radius 2 is 2.11 bits per heavy atom. The minimum absolute atomic E-state index is 0.404. The molecule has 19 heavy (non-hydrogen) atoms. The highest BCUT2D eigenvalue weighted by Gasteiger charge is 2.09. The predicted octanol–water partition coefficient (Wildman–Crippen LogP) is 3.58. The molecule has 0 aliphatic rings. The molecule has 0 radical (unpaired) electrons. The van der Waals surface area contributed by atoms with Gasteiger partial charge in [-0.3, -0.25) is 4.98 Å². The number of hydrogen-bond acceptors (Lipinski definition) is 3. The smallest absolute Gasteiger partial charge is 0.137 e. The molecule has 5 heteroatoms. The van der Waals surface area contributed by atoms with Gasteiger partial charge in [-0.2, -0.15) is 0 Å². The molecule has 0 fully saturated rings. The standard InChI is InChI=1S/C14H14BrClN2O/c15-12-3-1-2-10(4-6-17)14(12)19-9-11-5-7-18-8-13(11)16/h1-3,5,7-8H,4,6,9,17H2. The van der Waals surface area contributed by atoms with E-state index >= 15 is 0 Å². The molecule has 0 aliphatic heterocycles. The summed E-state index contributed by atoms with van der Waals surface area (Å²) in [6.45, 7) is 0.990. The Kier molecular flexibility index (Phi) is 5.19. The molecular weight excluding hydrogens is 328 g/mol. The molecule has 0 bridgehead atoms. The Morgan fingerprint density at radius 3 is 2.84 bits per heavy atom. The van der Waals surface area contributed by atoms with Crippen LogP contribution in [0.15, 0.2) is 41.1 Å². The van der Waals surface area contributed by atoms with Gasteiger partial charge in [-0.1, -0.05) is 23.7 Å². The van der Waals surface area contributed by atoms with Gasteiger partial charge in [0.2, 0.25) is 0 Å². The average Bonchev–Trinajstić information content (AvgIpc) is 2.40. The van der Waals surface area contributed by atoms with Crippen molar-refractivity contribution in [3.63, 3.8) is 0 Å². The summed E-state index contributed by atoms with van der Waals surface area (Å²) < 4.78 is 6.79. The maximum absolute atomic E-state index is 6.06. The van der Waals surface area contributed by atoms with Crippen LogP contribution in [0, 0.1) is 0 Å². The van der Waals surface area contributed by atoms with Crippen LogP contribution in [0.25, 0.3) is 0 Å². The summed E-state index contributed by atoms with van der Waals surface area (Å²) in [5.74, 6) is 0.820. The van der Waals surface area contributed by atoms with Crippen molar-refractivity contribution in [2.24, 2.45) is 5.73 Å². The van der Waals surface area contributed by atoms with Gasteiger partial charge in [0.1, 0.15) is 12.4 Å². The molecule has 2 aromatic rings. The first-order valence-electron chi connectivity index (χ1n) is 5.91. The number of rotatable bonds is 5. The Balaban J connectivity index is 2.17. The summed E-state index contributed by atoms with van der Waals surface area (Å²) in [5, 5.41) is 0.606. The zero-order chi connectivity index (χ0) is 13.7. The molecule has 2 rings (SSSR count). The molecule has 100 valence electrons. The van der Waals surface area contributed by atoms with Gasteiger partial charge < -0.3 is 10.5 Å². The van der Waals surface area contributed by atoms with E-state index in [1.54, 1.807) is 12.4 Å². The number of aromatic nitrogens is 1. The molecule has 1 aromatic carbocycles. The highest BCUT2D eigenvalue weighted by Crippen LogP contribution is 2.30. The van der Waals surface area contributed by atoms with Gasteiger partial charge in [0.25, 0.3) is 0 Å². The van der Waals surface area contributed by atoms with Gasteiger partial charge in [-0.25, -0.2) is 0 Å². The lowest BCUT2D eigenvalue weighted by molar-refractivity contribution is 0.301. The maximum atomic E-state index is 6.06. The molecule has 0 unspecified atom stereocenters. The lowest BCUT2D eigenvalue weighted by Crippen LogP contribution is -2.06. The van der Waals surface area contributed by atoms with Crippen molar-refractivity contribution in [2.45, 2.75) is 13.0 Å². The Bertz CT molecular complexity index is 563. The van der Waals surface area contributed by atoms with Crippen LogP contribution < -0.4 is 10.5 Å². The van der Waals surface area contributed by atoms with Crippen molar-refractivity contribution >= 4 is 27.5 Å². The lowest BCUT2D eigenvalue weighted by Gasteiger charge is -2.13. The number of benzene rings is 1. The number of halogens is 2. The first-order valence-corrected chi connectivity index (χ1v) is 7.08. The van der Waals surface area contributed by atoms with Crippen molar-refractivity contribution in [3.05, 3.63) is 57.3 Å². The van der Waals surface area contributed by atoms with E-state index in [0.717, 1.165) is 27.8 Å². The zero-order valence-corrected chi connectivity index (χ0v) is 12.6. The van der Waals surface area contributed by atoms with Crippen LogP contribution in [-0.2, 0) is 13.0 Å². The summed E-state index contributed by atoms with van der Waals surface area (Å²) in [5.41, 5.74) is 7.60. The van der Waals surface area contributed by atoms with E-state index in [0.29, 0.717) is 18.2 Å². The van der Waals surface area contributed by atoms with E-state index in [1.807, 2.05) is 24.3 Å². The van der Waals surface area contributed by atoms with Gasteiger partial charge in [0, 0.05) is 18.0 Å². The van der Waals surface area contributed by atoms with Gasteiger partial charge in [-0.15, -0.1) is 0 Å². The number of nitrogens with two attached hydrogens (primary N) is 1. The number of nitrogens with zero attached hydrogens (tertiary/aromatic N) is 1. The number of pyridine rings is 1. The molecule has 0 amide bonds. The molecule has 0 saturated carbocycles. The zero-order valence-electron chi connectivity index (χ0n) is 10.3. The molecular formula is C14H14BrClN2O. The van der Waals surface area contributed by atoms with Crippen LogP contribution in [0.4, 0.5) is 0 Å². The van der Waals surface area contributed by atoms with Crippen LogP contribution in [0.3, 0.4) is 0 Å². The van der Waals surface area contributed by atoms with Crippen LogP contribution in [-0.4, -0.2) is 11.5 Å². The minimum Gasteiger partial charge on any atom is -0.487 e. The molecule has 3 nitrogen and oxygen atoms in total. The van der Waals surface area contributed by atoms with Crippen molar-refractivity contribution in [2.75, 3.05) is 6.54 Å². The van der Waals surface area contributed by atoms with Gasteiger partial charge in [0.05, 0.1) is 9.50 Å². The van der Waals surface area contributed by atoms with Crippen molar-refractivity contribution in [1.29, 1.82) is 0 Å². The normalized spacial score (nSPS) is 10.5. The topological polar surface area (TPSA) is 48.1 Å². The fraction of sp³-hybridized carbons (Fsp3) is 0.214. The quantitative estimate of drug-likeness (QED) is 0.904. The molecule has 0 spiro atoms. The molecule has 0 aliphatic carbocycles. The summed E-state index contributed by atoms with van der Waals surface area (Å²) in [6, 6.07) is 7.79. The van der Waals surface area contributed by atoms with Crippen LogP contribution >= 0.6 is 27.5 Å². The fourth-order valence-electron chi connectivity index (χ4n) is 1.74. The Morgan fingerprint density at radius 1 is 1.26 bits per heavy atom. The highest BCUT2D eigenvalue weighted by atomic mass is 79.9. The summed E-state index contributed by atoms with van der Waals surface area (Å²) >= 11 is 9.56. The van der Waals surface area contributed by atoms with E-state index in [2.05, 4.69) is 20.9 Å². The third-order valence-electron chi connectivity index (χ3n) is 2.69. The monoisotopic (exact) mass is 340 g/mol. The predicted molar refractivity (Wildman–Crippen MR) is 80.5 cm³/mol. The van der Waals surface area contributed by atoms with Crippen LogP contribution in [0.2, 0.25) is 5.02 Å². The second-order valence-corrected chi connectivity index (χ2v) is 5.28. The van der Waals surface area contributed by atoms with Crippen LogP contribution in [0.1, 0.15) is 11.1 Å². The van der Waals surface area contributed by atoms with Gasteiger partial charge in [0.15, 0.2) is 0 Å². The van der Waals surface area contributed by atoms with Crippen molar-refractivity contribution in [3.8, 4) is 5.75 Å². The van der Waals surface area contributed by atoms with Crippen LogP contribution in [0.5, 0.6) is 5.75 Å². The van der Waals surface area contributed by atoms with E-state index in [4.69, 9.17) is 22.1 Å².